The van der Waals surface area contributed by atoms with Crippen LogP contribution in [0.4, 0.5) is 0 Å². The fourth-order valence-corrected chi connectivity index (χ4v) is 1.67. The number of hydrogen-bond donors (Lipinski definition) is 1. The average Bonchev–Trinajstić information content (AvgIpc) is 2.24. The van der Waals surface area contributed by atoms with Crippen LogP contribution in [0, 0.1) is 19.3 Å². The SMILES string of the molecule is C#CCCCC(NC)c1ccnc(C)c1. The van der Waals surface area contributed by atoms with Gasteiger partial charge in [-0.2, -0.15) is 0 Å². The highest BCUT2D eigenvalue weighted by atomic mass is 14.9. The van der Waals surface area contributed by atoms with E-state index in [0.29, 0.717) is 6.04 Å². The second kappa shape index (κ2) is 6.21. The number of hydrogen-bond acceptors (Lipinski definition) is 2. The second-order valence-corrected chi connectivity index (χ2v) is 3.67. The minimum atomic E-state index is 0.389. The van der Waals surface area contributed by atoms with Crippen LogP contribution in [0.25, 0.3) is 0 Å². The fraction of sp³-hybridized carbons (Fsp3) is 0.462. The smallest absolute Gasteiger partial charge is 0.0375 e. The summed E-state index contributed by atoms with van der Waals surface area (Å²) < 4.78 is 0. The maximum atomic E-state index is 5.24. The Bertz CT molecular complexity index is 339. The molecular formula is C13H18N2. The van der Waals surface area contributed by atoms with Crippen molar-refractivity contribution in [2.75, 3.05) is 7.05 Å². The first-order chi connectivity index (χ1) is 7.27. The van der Waals surface area contributed by atoms with Gasteiger partial charge < -0.3 is 5.32 Å². The molecule has 0 saturated heterocycles. The van der Waals surface area contributed by atoms with Crippen LogP contribution in [0.1, 0.15) is 36.6 Å². The highest BCUT2D eigenvalue weighted by Crippen LogP contribution is 2.18. The van der Waals surface area contributed by atoms with Crippen molar-refractivity contribution >= 4 is 0 Å². The van der Waals surface area contributed by atoms with Crippen molar-refractivity contribution in [1.82, 2.24) is 10.3 Å². The lowest BCUT2D eigenvalue weighted by atomic mass is 10.0. The summed E-state index contributed by atoms with van der Waals surface area (Å²) in [6.07, 6.45) is 10.1. The van der Waals surface area contributed by atoms with E-state index in [9.17, 15) is 0 Å². The third-order valence-electron chi connectivity index (χ3n) is 2.49. The van der Waals surface area contributed by atoms with Crippen molar-refractivity contribution in [3.05, 3.63) is 29.6 Å². The van der Waals surface area contributed by atoms with Gasteiger partial charge in [0, 0.05) is 24.4 Å². The lowest BCUT2D eigenvalue weighted by molar-refractivity contribution is 0.531. The van der Waals surface area contributed by atoms with Crippen LogP contribution in [-0.2, 0) is 0 Å². The standard InChI is InChI=1S/C13H18N2/c1-4-5-6-7-13(14-3)12-8-9-15-11(2)10-12/h1,8-10,13-14H,5-7H2,2-3H3. The summed E-state index contributed by atoms with van der Waals surface area (Å²) in [5.41, 5.74) is 2.35. The summed E-state index contributed by atoms with van der Waals surface area (Å²) >= 11 is 0. The number of unbranched alkanes of at least 4 members (excludes halogenated alkanes) is 1. The molecule has 0 fully saturated rings. The summed E-state index contributed by atoms with van der Waals surface area (Å²) in [5, 5.41) is 3.31. The summed E-state index contributed by atoms with van der Waals surface area (Å²) in [4.78, 5) is 4.19. The number of nitrogens with one attached hydrogen (secondary N) is 1. The Kier molecular flexibility index (Phi) is 4.86. The van der Waals surface area contributed by atoms with Gasteiger partial charge in [-0.3, -0.25) is 4.98 Å². The van der Waals surface area contributed by atoms with E-state index in [-0.39, 0.29) is 0 Å². The maximum Gasteiger partial charge on any atom is 0.0375 e. The van der Waals surface area contributed by atoms with Gasteiger partial charge in [0.05, 0.1) is 0 Å². The van der Waals surface area contributed by atoms with E-state index in [1.54, 1.807) is 0 Å². The number of nitrogens with zero attached hydrogens (tertiary/aromatic N) is 1. The predicted octanol–water partition coefficient (Wildman–Crippen LogP) is 2.45. The van der Waals surface area contributed by atoms with Crippen LogP contribution < -0.4 is 5.32 Å². The van der Waals surface area contributed by atoms with Gasteiger partial charge in [-0.1, -0.05) is 0 Å². The predicted molar refractivity (Wildman–Crippen MR) is 63.5 cm³/mol. The van der Waals surface area contributed by atoms with Crippen molar-refractivity contribution in [1.29, 1.82) is 0 Å². The zero-order valence-electron chi connectivity index (χ0n) is 9.46. The van der Waals surface area contributed by atoms with Crippen LogP contribution in [0.2, 0.25) is 0 Å². The molecule has 0 bridgehead atoms. The third-order valence-corrected chi connectivity index (χ3v) is 2.49. The molecule has 0 spiro atoms. The first kappa shape index (κ1) is 11.7. The molecule has 2 nitrogen and oxygen atoms in total. The minimum Gasteiger partial charge on any atom is -0.313 e. The van der Waals surface area contributed by atoms with Crippen molar-refractivity contribution in [3.8, 4) is 12.3 Å². The molecule has 0 radical (unpaired) electrons. The monoisotopic (exact) mass is 202 g/mol. The first-order valence-electron chi connectivity index (χ1n) is 5.31. The highest BCUT2D eigenvalue weighted by Gasteiger charge is 2.08. The molecule has 1 atom stereocenters. The number of aryl methyl sites for hydroxylation is 1. The molecular weight excluding hydrogens is 184 g/mol. The Labute approximate surface area is 92.1 Å². The lowest BCUT2D eigenvalue weighted by Crippen LogP contribution is -2.16. The van der Waals surface area contributed by atoms with Gasteiger partial charge >= 0.3 is 0 Å². The topological polar surface area (TPSA) is 24.9 Å². The summed E-state index contributed by atoms with van der Waals surface area (Å²) in [7, 11) is 1.98. The molecule has 0 aromatic carbocycles. The Balaban J connectivity index is 2.62. The van der Waals surface area contributed by atoms with Crippen LogP contribution in [0.15, 0.2) is 18.3 Å². The van der Waals surface area contributed by atoms with Crippen molar-refractivity contribution in [2.24, 2.45) is 0 Å². The van der Waals surface area contributed by atoms with Gasteiger partial charge in [0.1, 0.15) is 0 Å². The minimum absolute atomic E-state index is 0.389. The summed E-state index contributed by atoms with van der Waals surface area (Å²) in [6, 6.07) is 4.57. The van der Waals surface area contributed by atoms with Gasteiger partial charge in [-0.05, 0) is 44.5 Å². The highest BCUT2D eigenvalue weighted by molar-refractivity contribution is 5.19. The van der Waals surface area contributed by atoms with Gasteiger partial charge in [-0.15, -0.1) is 12.3 Å². The molecule has 1 unspecified atom stereocenters. The van der Waals surface area contributed by atoms with Crippen LogP contribution >= 0.6 is 0 Å². The molecule has 1 aromatic rings. The maximum absolute atomic E-state index is 5.24. The zero-order chi connectivity index (χ0) is 11.1. The Hall–Kier alpha value is -1.33. The fourth-order valence-electron chi connectivity index (χ4n) is 1.67. The van der Waals surface area contributed by atoms with E-state index in [0.717, 1.165) is 25.0 Å². The lowest BCUT2D eigenvalue weighted by Gasteiger charge is -2.16. The van der Waals surface area contributed by atoms with E-state index >= 15 is 0 Å². The van der Waals surface area contributed by atoms with Gasteiger partial charge in [-0.25, -0.2) is 0 Å². The Morgan fingerprint density at radius 3 is 3.00 bits per heavy atom. The molecule has 80 valence electrons. The van der Waals surface area contributed by atoms with Crippen LogP contribution in [-0.4, -0.2) is 12.0 Å². The van der Waals surface area contributed by atoms with E-state index in [4.69, 9.17) is 6.42 Å². The molecule has 1 N–H and O–H groups in total. The normalized spacial score (nSPS) is 12.1. The van der Waals surface area contributed by atoms with Crippen molar-refractivity contribution in [2.45, 2.75) is 32.2 Å². The quantitative estimate of drug-likeness (QED) is 0.586. The van der Waals surface area contributed by atoms with E-state index < -0.39 is 0 Å². The summed E-state index contributed by atoms with van der Waals surface area (Å²) in [6.45, 7) is 2.01. The number of aromatic nitrogens is 1. The molecule has 0 aliphatic heterocycles. The zero-order valence-corrected chi connectivity index (χ0v) is 9.46. The first-order valence-corrected chi connectivity index (χ1v) is 5.31. The molecule has 0 saturated carbocycles. The number of pyridine rings is 1. The second-order valence-electron chi connectivity index (χ2n) is 3.67. The molecule has 1 aromatic heterocycles. The summed E-state index contributed by atoms with van der Waals surface area (Å²) in [5.74, 6) is 2.67. The molecule has 1 rings (SSSR count). The number of terminal acetylenes is 1. The van der Waals surface area contributed by atoms with Crippen molar-refractivity contribution in [3.63, 3.8) is 0 Å². The molecule has 0 aliphatic rings. The number of rotatable bonds is 5. The Morgan fingerprint density at radius 1 is 1.60 bits per heavy atom. The molecule has 1 heterocycles. The third kappa shape index (κ3) is 3.73. The molecule has 0 aliphatic carbocycles. The molecule has 2 heteroatoms. The van der Waals surface area contributed by atoms with Crippen LogP contribution in [0.5, 0.6) is 0 Å². The largest absolute Gasteiger partial charge is 0.313 e. The van der Waals surface area contributed by atoms with Crippen LogP contribution in [0.3, 0.4) is 0 Å². The van der Waals surface area contributed by atoms with Gasteiger partial charge in [0.15, 0.2) is 0 Å². The molecule has 0 amide bonds. The molecule has 15 heavy (non-hydrogen) atoms. The van der Waals surface area contributed by atoms with E-state index in [2.05, 4.69) is 28.4 Å². The Morgan fingerprint density at radius 2 is 2.40 bits per heavy atom. The van der Waals surface area contributed by atoms with Crippen molar-refractivity contribution < 1.29 is 0 Å². The van der Waals surface area contributed by atoms with E-state index in [1.807, 2.05) is 20.2 Å². The van der Waals surface area contributed by atoms with Gasteiger partial charge in [0.25, 0.3) is 0 Å². The average molecular weight is 202 g/mol. The van der Waals surface area contributed by atoms with E-state index in [1.165, 1.54) is 5.56 Å². The van der Waals surface area contributed by atoms with Gasteiger partial charge in [0.2, 0.25) is 0 Å².